The van der Waals surface area contributed by atoms with Crippen molar-refractivity contribution in [3.8, 4) is 0 Å². The van der Waals surface area contributed by atoms with E-state index in [1.54, 1.807) is 6.20 Å². The molecule has 2 unspecified atom stereocenters. The van der Waals surface area contributed by atoms with E-state index < -0.39 is 5.60 Å². The van der Waals surface area contributed by atoms with Gasteiger partial charge in [0.15, 0.2) is 0 Å². The van der Waals surface area contributed by atoms with Gasteiger partial charge in [-0.2, -0.15) is 5.10 Å². The highest BCUT2D eigenvalue weighted by atomic mass is 16.3. The highest BCUT2D eigenvalue weighted by Gasteiger charge is 2.17. The maximum absolute atomic E-state index is 9.84. The van der Waals surface area contributed by atoms with Crippen LogP contribution in [0.25, 0.3) is 0 Å². The minimum atomic E-state index is -0.597. The number of hydrogen-bond donors (Lipinski definition) is 2. The molecule has 4 heteroatoms. The Morgan fingerprint density at radius 1 is 1.56 bits per heavy atom. The SMILES string of the molecule is CCC(C)(O)CNC(C)CCn1cccn1. The van der Waals surface area contributed by atoms with Crippen molar-refractivity contribution in [3.63, 3.8) is 0 Å². The van der Waals surface area contributed by atoms with Crippen LogP contribution in [0.3, 0.4) is 0 Å². The molecular formula is C12H23N3O. The third-order valence-electron chi connectivity index (χ3n) is 2.94. The second-order valence-electron chi connectivity index (χ2n) is 4.69. The summed E-state index contributed by atoms with van der Waals surface area (Å²) in [4.78, 5) is 0. The van der Waals surface area contributed by atoms with Crippen molar-refractivity contribution in [1.82, 2.24) is 15.1 Å². The lowest BCUT2D eigenvalue weighted by molar-refractivity contribution is 0.0529. The van der Waals surface area contributed by atoms with Crippen molar-refractivity contribution >= 4 is 0 Å². The molecule has 0 aliphatic rings. The molecule has 1 aromatic heterocycles. The summed E-state index contributed by atoms with van der Waals surface area (Å²) < 4.78 is 1.93. The van der Waals surface area contributed by atoms with Crippen molar-refractivity contribution in [2.24, 2.45) is 0 Å². The van der Waals surface area contributed by atoms with E-state index in [2.05, 4.69) is 17.3 Å². The van der Waals surface area contributed by atoms with Gasteiger partial charge in [0.25, 0.3) is 0 Å². The van der Waals surface area contributed by atoms with E-state index in [-0.39, 0.29) is 0 Å². The molecule has 0 aliphatic heterocycles. The molecule has 92 valence electrons. The van der Waals surface area contributed by atoms with Gasteiger partial charge < -0.3 is 10.4 Å². The lowest BCUT2D eigenvalue weighted by Gasteiger charge is -2.24. The van der Waals surface area contributed by atoms with Gasteiger partial charge in [-0.1, -0.05) is 6.92 Å². The van der Waals surface area contributed by atoms with Gasteiger partial charge in [-0.3, -0.25) is 4.68 Å². The Kier molecular flexibility index (Phi) is 4.96. The van der Waals surface area contributed by atoms with Crippen LogP contribution in [-0.2, 0) is 6.54 Å². The summed E-state index contributed by atoms with van der Waals surface area (Å²) in [6, 6.07) is 2.32. The third kappa shape index (κ3) is 4.77. The predicted molar refractivity (Wildman–Crippen MR) is 65.2 cm³/mol. The Balaban J connectivity index is 2.18. The lowest BCUT2D eigenvalue weighted by Crippen LogP contribution is -2.41. The first kappa shape index (κ1) is 13.2. The van der Waals surface area contributed by atoms with E-state index in [0.717, 1.165) is 19.4 Å². The number of aryl methyl sites for hydroxylation is 1. The molecule has 16 heavy (non-hydrogen) atoms. The fraction of sp³-hybridized carbons (Fsp3) is 0.750. The van der Waals surface area contributed by atoms with Crippen molar-refractivity contribution in [3.05, 3.63) is 18.5 Å². The summed E-state index contributed by atoms with van der Waals surface area (Å²) in [5, 5.41) is 17.3. The van der Waals surface area contributed by atoms with Gasteiger partial charge in [0.05, 0.1) is 5.60 Å². The Morgan fingerprint density at radius 2 is 2.31 bits per heavy atom. The molecule has 0 saturated carbocycles. The summed E-state index contributed by atoms with van der Waals surface area (Å²) in [6.45, 7) is 7.55. The van der Waals surface area contributed by atoms with E-state index in [1.165, 1.54) is 0 Å². The van der Waals surface area contributed by atoms with Crippen LogP contribution >= 0.6 is 0 Å². The van der Waals surface area contributed by atoms with Crippen LogP contribution in [0.15, 0.2) is 18.5 Å². The number of rotatable bonds is 7. The second-order valence-corrected chi connectivity index (χ2v) is 4.69. The quantitative estimate of drug-likeness (QED) is 0.737. The zero-order chi connectivity index (χ0) is 12.0. The van der Waals surface area contributed by atoms with Crippen LogP contribution in [0.5, 0.6) is 0 Å². The van der Waals surface area contributed by atoms with E-state index in [0.29, 0.717) is 12.6 Å². The smallest absolute Gasteiger partial charge is 0.0741 e. The Hall–Kier alpha value is -0.870. The van der Waals surface area contributed by atoms with Crippen LogP contribution in [0, 0.1) is 0 Å². The number of hydrogen-bond acceptors (Lipinski definition) is 3. The minimum Gasteiger partial charge on any atom is -0.389 e. The van der Waals surface area contributed by atoms with Crippen molar-refractivity contribution in [2.45, 2.75) is 51.8 Å². The van der Waals surface area contributed by atoms with Crippen LogP contribution < -0.4 is 5.32 Å². The van der Waals surface area contributed by atoms with Crippen LogP contribution in [0.4, 0.5) is 0 Å². The number of aliphatic hydroxyl groups is 1. The summed E-state index contributed by atoms with van der Waals surface area (Å²) >= 11 is 0. The van der Waals surface area contributed by atoms with Crippen LogP contribution in [0.2, 0.25) is 0 Å². The van der Waals surface area contributed by atoms with Crippen molar-refractivity contribution in [2.75, 3.05) is 6.54 Å². The summed E-state index contributed by atoms with van der Waals surface area (Å²) in [6.07, 6.45) is 5.54. The zero-order valence-corrected chi connectivity index (χ0v) is 10.5. The Labute approximate surface area is 97.7 Å². The van der Waals surface area contributed by atoms with Gasteiger partial charge in [0.2, 0.25) is 0 Å². The average molecular weight is 225 g/mol. The largest absolute Gasteiger partial charge is 0.389 e. The molecule has 0 bridgehead atoms. The summed E-state index contributed by atoms with van der Waals surface area (Å²) in [5.41, 5.74) is -0.597. The predicted octanol–water partition coefficient (Wildman–Crippen LogP) is 1.41. The topological polar surface area (TPSA) is 50.1 Å². The summed E-state index contributed by atoms with van der Waals surface area (Å²) in [5.74, 6) is 0. The molecule has 0 fully saturated rings. The molecule has 0 saturated heterocycles. The Bertz CT molecular complexity index is 282. The van der Waals surface area contributed by atoms with Crippen LogP contribution in [0.1, 0.15) is 33.6 Å². The molecule has 0 radical (unpaired) electrons. The van der Waals surface area contributed by atoms with Crippen LogP contribution in [-0.4, -0.2) is 33.1 Å². The molecule has 0 amide bonds. The maximum atomic E-state index is 9.84. The van der Waals surface area contributed by atoms with Gasteiger partial charge in [-0.15, -0.1) is 0 Å². The first-order chi connectivity index (χ1) is 7.53. The number of aromatic nitrogens is 2. The number of nitrogens with one attached hydrogen (secondary N) is 1. The van der Waals surface area contributed by atoms with E-state index >= 15 is 0 Å². The highest BCUT2D eigenvalue weighted by molar-refractivity contribution is 4.79. The molecule has 4 nitrogen and oxygen atoms in total. The van der Waals surface area contributed by atoms with Gasteiger partial charge in [0, 0.05) is 31.5 Å². The normalized spacial score (nSPS) is 17.0. The molecule has 1 rings (SSSR count). The molecular weight excluding hydrogens is 202 g/mol. The molecule has 2 atom stereocenters. The van der Waals surface area contributed by atoms with Gasteiger partial charge >= 0.3 is 0 Å². The molecule has 1 heterocycles. The van der Waals surface area contributed by atoms with Crippen molar-refractivity contribution in [1.29, 1.82) is 0 Å². The maximum Gasteiger partial charge on any atom is 0.0741 e. The minimum absolute atomic E-state index is 0.391. The first-order valence-electron chi connectivity index (χ1n) is 5.96. The molecule has 0 aromatic carbocycles. The van der Waals surface area contributed by atoms with E-state index in [9.17, 15) is 5.11 Å². The molecule has 1 aromatic rings. The highest BCUT2D eigenvalue weighted by Crippen LogP contribution is 2.07. The van der Waals surface area contributed by atoms with Gasteiger partial charge in [-0.05, 0) is 32.8 Å². The molecule has 0 aliphatic carbocycles. The zero-order valence-electron chi connectivity index (χ0n) is 10.5. The fourth-order valence-electron chi connectivity index (χ4n) is 1.38. The number of nitrogens with zero attached hydrogens (tertiary/aromatic N) is 2. The first-order valence-corrected chi connectivity index (χ1v) is 5.96. The average Bonchev–Trinajstić information content (AvgIpc) is 2.76. The van der Waals surface area contributed by atoms with Crippen molar-refractivity contribution < 1.29 is 5.11 Å². The molecule has 2 N–H and O–H groups in total. The summed E-state index contributed by atoms with van der Waals surface area (Å²) in [7, 11) is 0. The van der Waals surface area contributed by atoms with E-state index in [1.807, 2.05) is 30.8 Å². The van der Waals surface area contributed by atoms with E-state index in [4.69, 9.17) is 0 Å². The second kappa shape index (κ2) is 6.01. The van der Waals surface area contributed by atoms with Gasteiger partial charge in [-0.25, -0.2) is 0 Å². The Morgan fingerprint density at radius 3 is 2.88 bits per heavy atom. The monoisotopic (exact) mass is 225 g/mol. The fourth-order valence-corrected chi connectivity index (χ4v) is 1.38. The third-order valence-corrected chi connectivity index (χ3v) is 2.94. The van der Waals surface area contributed by atoms with Gasteiger partial charge in [0.1, 0.15) is 0 Å². The standard InChI is InChI=1S/C12H23N3O/c1-4-12(3,16)10-13-11(2)6-9-15-8-5-7-14-15/h5,7-8,11,13,16H,4,6,9-10H2,1-3H3. The molecule has 0 spiro atoms. The lowest BCUT2D eigenvalue weighted by atomic mass is 10.0.